The molecule has 6 nitrogen and oxygen atoms in total. The number of furan rings is 1. The van der Waals surface area contributed by atoms with Gasteiger partial charge in [-0.1, -0.05) is 6.42 Å². The molecule has 1 aromatic rings. The van der Waals surface area contributed by atoms with Crippen molar-refractivity contribution in [2.75, 3.05) is 13.1 Å². The van der Waals surface area contributed by atoms with Crippen molar-refractivity contribution in [3.63, 3.8) is 0 Å². The topological polar surface area (TPSA) is 82.8 Å². The number of nitrogens with one attached hydrogen (secondary N) is 1. The molecule has 2 aliphatic rings. The van der Waals surface area contributed by atoms with E-state index in [2.05, 4.69) is 9.62 Å². The number of piperidine rings is 1. The average Bonchev–Trinajstić information content (AvgIpc) is 3.03. The molecule has 0 aromatic carbocycles. The minimum absolute atomic E-state index is 0.0258. The van der Waals surface area contributed by atoms with Crippen LogP contribution in [0.15, 0.2) is 15.4 Å². The first-order valence-corrected chi connectivity index (χ1v) is 8.96. The summed E-state index contributed by atoms with van der Waals surface area (Å²) in [6.07, 6.45) is 4.28. The minimum Gasteiger partial charge on any atom is -0.462 e. The van der Waals surface area contributed by atoms with Crippen LogP contribution in [-0.4, -0.2) is 43.6 Å². The van der Waals surface area contributed by atoms with Crippen LogP contribution in [0.5, 0.6) is 0 Å². The van der Waals surface area contributed by atoms with Gasteiger partial charge in [-0.25, -0.2) is 13.1 Å². The number of sulfonamides is 1. The Morgan fingerprint density at radius 1 is 1.38 bits per heavy atom. The molecule has 2 atom stereocenters. The normalized spacial score (nSPS) is 27.0. The maximum Gasteiger partial charge on any atom is 0.244 e. The van der Waals surface area contributed by atoms with E-state index in [1.54, 1.807) is 6.92 Å². The molecule has 2 N–H and O–H groups in total. The minimum atomic E-state index is -3.60. The van der Waals surface area contributed by atoms with Crippen molar-refractivity contribution >= 4 is 10.0 Å². The van der Waals surface area contributed by atoms with Gasteiger partial charge >= 0.3 is 0 Å². The van der Waals surface area contributed by atoms with E-state index < -0.39 is 10.0 Å². The first kappa shape index (κ1) is 15.0. The van der Waals surface area contributed by atoms with Crippen LogP contribution < -0.4 is 4.72 Å². The van der Waals surface area contributed by atoms with Gasteiger partial charge in [0.2, 0.25) is 10.0 Å². The Balaban J connectivity index is 1.78. The van der Waals surface area contributed by atoms with Gasteiger partial charge in [0.15, 0.2) is 0 Å². The molecule has 0 saturated carbocycles. The molecule has 3 heterocycles. The highest BCUT2D eigenvalue weighted by atomic mass is 32.2. The standard InChI is InChI=1S/C14H22N2O4S/c1-10-14(8-11(9-17)20-10)21(18,19)15-12-5-7-16-6-3-2-4-13(12)16/h8,12-13,15,17H,2-7,9H2,1H3. The maximum atomic E-state index is 12.5. The molecule has 118 valence electrons. The second-order valence-electron chi connectivity index (χ2n) is 5.91. The number of aryl methyl sites for hydroxylation is 1. The number of hydrogen-bond donors (Lipinski definition) is 2. The monoisotopic (exact) mass is 314 g/mol. The molecule has 3 rings (SSSR count). The van der Waals surface area contributed by atoms with Gasteiger partial charge in [0.05, 0.1) is 0 Å². The molecule has 21 heavy (non-hydrogen) atoms. The molecule has 7 heteroatoms. The van der Waals surface area contributed by atoms with Crippen LogP contribution in [0.2, 0.25) is 0 Å². The predicted octanol–water partition coefficient (Wildman–Crippen LogP) is 0.985. The second kappa shape index (κ2) is 5.72. The molecule has 2 fully saturated rings. The van der Waals surface area contributed by atoms with Crippen molar-refractivity contribution in [1.29, 1.82) is 0 Å². The van der Waals surface area contributed by atoms with E-state index in [1.165, 1.54) is 18.9 Å². The average molecular weight is 314 g/mol. The first-order valence-electron chi connectivity index (χ1n) is 7.48. The van der Waals surface area contributed by atoms with Crippen LogP contribution in [0.3, 0.4) is 0 Å². The molecule has 2 saturated heterocycles. The summed E-state index contributed by atoms with van der Waals surface area (Å²) in [5, 5.41) is 9.06. The van der Waals surface area contributed by atoms with Crippen LogP contribution in [-0.2, 0) is 16.6 Å². The fourth-order valence-electron chi connectivity index (χ4n) is 3.52. The Morgan fingerprint density at radius 3 is 2.90 bits per heavy atom. The van der Waals surface area contributed by atoms with E-state index in [-0.39, 0.29) is 23.3 Å². The Morgan fingerprint density at radius 2 is 2.19 bits per heavy atom. The zero-order valence-corrected chi connectivity index (χ0v) is 13.0. The Bertz CT molecular complexity index is 610. The van der Waals surface area contributed by atoms with E-state index in [1.807, 2.05) is 0 Å². The van der Waals surface area contributed by atoms with Crippen LogP contribution in [0.1, 0.15) is 37.2 Å². The lowest BCUT2D eigenvalue weighted by Gasteiger charge is -2.32. The van der Waals surface area contributed by atoms with E-state index in [4.69, 9.17) is 9.52 Å². The summed E-state index contributed by atoms with van der Waals surface area (Å²) in [5.74, 6) is 0.601. The van der Waals surface area contributed by atoms with Crippen molar-refractivity contribution < 1.29 is 17.9 Å². The zero-order valence-electron chi connectivity index (χ0n) is 12.2. The lowest BCUT2D eigenvalue weighted by molar-refractivity contribution is 0.186. The molecule has 2 aliphatic heterocycles. The Labute approximate surface area is 125 Å². The van der Waals surface area contributed by atoms with Crippen LogP contribution in [0, 0.1) is 6.92 Å². The van der Waals surface area contributed by atoms with Crippen molar-refractivity contribution in [2.45, 2.75) is 56.2 Å². The van der Waals surface area contributed by atoms with E-state index >= 15 is 0 Å². The van der Waals surface area contributed by atoms with Crippen LogP contribution in [0.4, 0.5) is 0 Å². The first-order chi connectivity index (χ1) is 10.0. The van der Waals surface area contributed by atoms with Crippen LogP contribution >= 0.6 is 0 Å². The lowest BCUT2D eigenvalue weighted by atomic mass is 10.00. The fourth-order valence-corrected chi connectivity index (χ4v) is 5.02. The van der Waals surface area contributed by atoms with Gasteiger partial charge in [0.25, 0.3) is 0 Å². The van der Waals surface area contributed by atoms with Gasteiger partial charge in [-0.05, 0) is 32.7 Å². The zero-order chi connectivity index (χ0) is 15.0. The van der Waals surface area contributed by atoms with E-state index in [0.717, 1.165) is 25.9 Å². The molecule has 0 bridgehead atoms. The van der Waals surface area contributed by atoms with Gasteiger partial charge < -0.3 is 9.52 Å². The highest BCUT2D eigenvalue weighted by Crippen LogP contribution is 2.29. The summed E-state index contributed by atoms with van der Waals surface area (Å²) in [5.41, 5.74) is 0. The highest BCUT2D eigenvalue weighted by Gasteiger charge is 2.38. The highest BCUT2D eigenvalue weighted by molar-refractivity contribution is 7.89. The summed E-state index contributed by atoms with van der Waals surface area (Å²) in [6, 6.07) is 1.70. The summed E-state index contributed by atoms with van der Waals surface area (Å²) in [6.45, 7) is 3.35. The van der Waals surface area contributed by atoms with Gasteiger partial charge in [0, 0.05) is 24.7 Å². The number of aliphatic hydroxyl groups is 1. The summed E-state index contributed by atoms with van der Waals surface area (Å²) >= 11 is 0. The molecule has 0 radical (unpaired) electrons. The molecule has 0 aliphatic carbocycles. The SMILES string of the molecule is Cc1oc(CO)cc1S(=O)(=O)NC1CCN2CCCCC12. The number of rotatable bonds is 4. The largest absolute Gasteiger partial charge is 0.462 e. The maximum absolute atomic E-state index is 12.5. The van der Waals surface area contributed by atoms with Gasteiger partial charge in [0.1, 0.15) is 23.0 Å². The molecule has 0 amide bonds. The van der Waals surface area contributed by atoms with Crippen molar-refractivity contribution in [1.82, 2.24) is 9.62 Å². The van der Waals surface area contributed by atoms with Crippen molar-refractivity contribution in [3.05, 3.63) is 17.6 Å². The smallest absolute Gasteiger partial charge is 0.244 e. The van der Waals surface area contributed by atoms with E-state index in [0.29, 0.717) is 11.8 Å². The lowest BCUT2D eigenvalue weighted by Crippen LogP contribution is -2.46. The van der Waals surface area contributed by atoms with Crippen molar-refractivity contribution in [2.24, 2.45) is 0 Å². The van der Waals surface area contributed by atoms with Gasteiger partial charge in [-0.2, -0.15) is 0 Å². The quantitative estimate of drug-likeness (QED) is 0.866. The number of nitrogens with zero attached hydrogens (tertiary/aromatic N) is 1. The number of hydrogen-bond acceptors (Lipinski definition) is 5. The summed E-state index contributed by atoms with van der Waals surface area (Å²) in [4.78, 5) is 2.53. The molecule has 2 unspecified atom stereocenters. The Kier molecular flexibility index (Phi) is 4.09. The third-order valence-corrected chi connectivity index (χ3v) is 6.13. The van der Waals surface area contributed by atoms with Gasteiger partial charge in [-0.3, -0.25) is 4.90 Å². The number of fused-ring (bicyclic) bond motifs is 1. The second-order valence-corrected chi connectivity index (χ2v) is 7.59. The van der Waals surface area contributed by atoms with Crippen molar-refractivity contribution in [3.8, 4) is 0 Å². The van der Waals surface area contributed by atoms with E-state index in [9.17, 15) is 8.42 Å². The third-order valence-electron chi connectivity index (χ3n) is 4.53. The summed E-state index contributed by atoms with van der Waals surface area (Å²) < 4.78 is 33.2. The summed E-state index contributed by atoms with van der Waals surface area (Å²) in [7, 11) is -3.60. The Hall–Kier alpha value is -0.890. The fraction of sp³-hybridized carbons (Fsp3) is 0.714. The van der Waals surface area contributed by atoms with Gasteiger partial charge in [-0.15, -0.1) is 0 Å². The molecule has 1 aromatic heterocycles. The molecular formula is C14H22N2O4S. The molecule has 0 spiro atoms. The predicted molar refractivity (Wildman–Crippen MR) is 77.3 cm³/mol. The number of aliphatic hydroxyl groups excluding tert-OH is 1. The molecular weight excluding hydrogens is 292 g/mol. The van der Waals surface area contributed by atoms with Crippen LogP contribution in [0.25, 0.3) is 0 Å². The third kappa shape index (κ3) is 2.88.